The van der Waals surface area contributed by atoms with Gasteiger partial charge in [0.1, 0.15) is 0 Å². The first kappa shape index (κ1) is 9.35. The third-order valence-electron chi connectivity index (χ3n) is 2.11. The fourth-order valence-electron chi connectivity index (χ4n) is 1.15. The minimum Gasteiger partial charge on any atom is -0.149 e. The van der Waals surface area contributed by atoms with Crippen LogP contribution in [0, 0.1) is 17.8 Å². The van der Waals surface area contributed by atoms with E-state index in [-0.39, 0.29) is 0 Å². The molecule has 0 N–H and O–H groups in total. The highest BCUT2D eigenvalue weighted by atomic mass is 32.1. The summed E-state index contributed by atoms with van der Waals surface area (Å²) in [5.74, 6) is 7.19. The van der Waals surface area contributed by atoms with Crippen molar-refractivity contribution in [2.24, 2.45) is 5.92 Å². The van der Waals surface area contributed by atoms with Gasteiger partial charge in [0.15, 0.2) is 0 Å². The second-order valence-electron chi connectivity index (χ2n) is 2.99. The summed E-state index contributed by atoms with van der Waals surface area (Å²) in [6.45, 7) is 6.32. The fourth-order valence-corrected chi connectivity index (χ4v) is 2.04. The molecule has 0 aliphatic carbocycles. The molecule has 0 fully saturated rings. The van der Waals surface area contributed by atoms with Gasteiger partial charge >= 0.3 is 0 Å². The van der Waals surface area contributed by atoms with Crippen LogP contribution in [-0.2, 0) is 0 Å². The molecule has 1 rings (SSSR count). The summed E-state index contributed by atoms with van der Waals surface area (Å²) in [5, 5.41) is 2.12. The minimum absolute atomic E-state index is 0.466. The van der Waals surface area contributed by atoms with E-state index >= 15 is 0 Å². The topological polar surface area (TPSA) is 0 Å². The predicted molar refractivity (Wildman–Crippen MR) is 55.3 cm³/mol. The summed E-state index contributed by atoms with van der Waals surface area (Å²) in [6, 6.07) is 4.28. The van der Waals surface area contributed by atoms with Gasteiger partial charge in [-0.3, -0.25) is 0 Å². The standard InChI is InChI=1S/C11H14S/c1-4-6-9(2)10(3)11-7-5-8-12-11/h5,7-10H,1-3H3. The molecule has 0 aromatic carbocycles. The molecule has 1 heteroatoms. The Labute approximate surface area is 78.6 Å². The van der Waals surface area contributed by atoms with Gasteiger partial charge in [-0.25, -0.2) is 0 Å². The van der Waals surface area contributed by atoms with Crippen LogP contribution in [0.1, 0.15) is 31.6 Å². The summed E-state index contributed by atoms with van der Waals surface area (Å²) in [6.07, 6.45) is 0. The number of thiophene rings is 1. The Morgan fingerprint density at radius 2 is 2.17 bits per heavy atom. The van der Waals surface area contributed by atoms with Crippen LogP contribution in [-0.4, -0.2) is 0 Å². The molecule has 0 saturated carbocycles. The SMILES string of the molecule is CC#CC(C)C(C)c1cccs1. The molecule has 0 saturated heterocycles. The lowest BCUT2D eigenvalue weighted by Crippen LogP contribution is -2.01. The Morgan fingerprint density at radius 3 is 2.67 bits per heavy atom. The third-order valence-corrected chi connectivity index (χ3v) is 3.19. The van der Waals surface area contributed by atoms with Crippen LogP contribution in [0.2, 0.25) is 0 Å². The zero-order chi connectivity index (χ0) is 8.97. The van der Waals surface area contributed by atoms with E-state index in [0.717, 1.165) is 0 Å². The van der Waals surface area contributed by atoms with Gasteiger partial charge in [0, 0.05) is 16.7 Å². The molecule has 0 radical (unpaired) electrons. The maximum absolute atomic E-state index is 3.19. The van der Waals surface area contributed by atoms with Gasteiger partial charge in [-0.05, 0) is 18.4 Å². The van der Waals surface area contributed by atoms with Gasteiger partial charge in [0.25, 0.3) is 0 Å². The average Bonchev–Trinajstić information content (AvgIpc) is 2.55. The number of hydrogen-bond donors (Lipinski definition) is 0. The van der Waals surface area contributed by atoms with Crippen molar-refractivity contribution in [2.75, 3.05) is 0 Å². The number of hydrogen-bond acceptors (Lipinski definition) is 1. The van der Waals surface area contributed by atoms with Crippen LogP contribution in [0.4, 0.5) is 0 Å². The molecule has 12 heavy (non-hydrogen) atoms. The molecular weight excluding hydrogens is 164 g/mol. The molecule has 64 valence electrons. The Balaban J connectivity index is 2.69. The predicted octanol–water partition coefficient (Wildman–Crippen LogP) is 3.51. The molecule has 1 heterocycles. The molecule has 0 amide bonds. The van der Waals surface area contributed by atoms with Crippen LogP contribution < -0.4 is 0 Å². The van der Waals surface area contributed by atoms with Crippen LogP contribution in [0.3, 0.4) is 0 Å². The van der Waals surface area contributed by atoms with Gasteiger partial charge in [-0.15, -0.1) is 17.3 Å². The zero-order valence-electron chi connectivity index (χ0n) is 7.79. The molecule has 0 bridgehead atoms. The van der Waals surface area contributed by atoms with E-state index < -0.39 is 0 Å². The molecule has 0 aliphatic heterocycles. The van der Waals surface area contributed by atoms with E-state index in [4.69, 9.17) is 0 Å². The van der Waals surface area contributed by atoms with Crippen molar-refractivity contribution in [3.05, 3.63) is 22.4 Å². The van der Waals surface area contributed by atoms with Crippen molar-refractivity contribution in [3.63, 3.8) is 0 Å². The van der Waals surface area contributed by atoms with Crippen molar-refractivity contribution in [3.8, 4) is 11.8 Å². The molecule has 0 nitrogen and oxygen atoms in total. The first-order valence-corrected chi connectivity index (χ1v) is 5.09. The van der Waals surface area contributed by atoms with Crippen LogP contribution >= 0.6 is 11.3 Å². The Morgan fingerprint density at radius 1 is 1.42 bits per heavy atom. The highest BCUT2D eigenvalue weighted by Crippen LogP contribution is 2.27. The lowest BCUT2D eigenvalue weighted by atomic mass is 9.95. The van der Waals surface area contributed by atoms with Gasteiger partial charge in [-0.1, -0.05) is 25.8 Å². The van der Waals surface area contributed by atoms with Gasteiger partial charge < -0.3 is 0 Å². The van der Waals surface area contributed by atoms with E-state index in [1.807, 2.05) is 18.3 Å². The van der Waals surface area contributed by atoms with E-state index in [9.17, 15) is 0 Å². The first-order valence-electron chi connectivity index (χ1n) is 4.21. The monoisotopic (exact) mass is 178 g/mol. The van der Waals surface area contributed by atoms with Crippen molar-refractivity contribution in [1.82, 2.24) is 0 Å². The second kappa shape index (κ2) is 4.33. The van der Waals surface area contributed by atoms with Crippen molar-refractivity contribution in [1.29, 1.82) is 0 Å². The smallest absolute Gasteiger partial charge is 0.0248 e. The Hall–Kier alpha value is -0.740. The molecule has 2 atom stereocenters. The average molecular weight is 178 g/mol. The summed E-state index contributed by atoms with van der Waals surface area (Å²) in [7, 11) is 0. The maximum Gasteiger partial charge on any atom is 0.0248 e. The molecule has 0 aliphatic rings. The molecule has 2 unspecified atom stereocenters. The minimum atomic E-state index is 0.466. The van der Waals surface area contributed by atoms with Crippen LogP contribution in [0.25, 0.3) is 0 Å². The highest BCUT2D eigenvalue weighted by Gasteiger charge is 2.12. The largest absolute Gasteiger partial charge is 0.149 e. The van der Waals surface area contributed by atoms with Crippen LogP contribution in [0.5, 0.6) is 0 Å². The lowest BCUT2D eigenvalue weighted by Gasteiger charge is -2.11. The Kier molecular flexibility index (Phi) is 3.37. The molecule has 1 aromatic rings. The van der Waals surface area contributed by atoms with Gasteiger partial charge in [0.05, 0.1) is 0 Å². The fraction of sp³-hybridized carbons (Fsp3) is 0.455. The summed E-state index contributed by atoms with van der Waals surface area (Å²) in [5.41, 5.74) is 0. The Bertz CT molecular complexity index is 274. The van der Waals surface area contributed by atoms with Crippen molar-refractivity contribution >= 4 is 11.3 Å². The molecule has 0 spiro atoms. The van der Waals surface area contributed by atoms with Crippen molar-refractivity contribution < 1.29 is 0 Å². The van der Waals surface area contributed by atoms with E-state index in [1.54, 1.807) is 0 Å². The quantitative estimate of drug-likeness (QED) is 0.608. The number of rotatable bonds is 2. The maximum atomic E-state index is 3.19. The highest BCUT2D eigenvalue weighted by molar-refractivity contribution is 7.10. The summed E-state index contributed by atoms with van der Waals surface area (Å²) >= 11 is 1.82. The van der Waals surface area contributed by atoms with E-state index in [2.05, 4.69) is 43.2 Å². The van der Waals surface area contributed by atoms with Crippen LogP contribution in [0.15, 0.2) is 17.5 Å². The normalized spacial score (nSPS) is 14.6. The van der Waals surface area contributed by atoms with Crippen molar-refractivity contribution in [2.45, 2.75) is 26.7 Å². The third kappa shape index (κ3) is 2.12. The van der Waals surface area contributed by atoms with E-state index in [0.29, 0.717) is 11.8 Å². The molecule has 1 aromatic heterocycles. The first-order chi connectivity index (χ1) is 5.75. The zero-order valence-corrected chi connectivity index (χ0v) is 8.61. The summed E-state index contributed by atoms with van der Waals surface area (Å²) < 4.78 is 0. The second-order valence-corrected chi connectivity index (χ2v) is 3.97. The van der Waals surface area contributed by atoms with Gasteiger partial charge in [0.2, 0.25) is 0 Å². The van der Waals surface area contributed by atoms with Gasteiger partial charge in [-0.2, -0.15) is 0 Å². The lowest BCUT2D eigenvalue weighted by molar-refractivity contribution is 0.619. The molecular formula is C11H14S. The summed E-state index contributed by atoms with van der Waals surface area (Å²) in [4.78, 5) is 1.44. The van der Waals surface area contributed by atoms with E-state index in [1.165, 1.54) is 4.88 Å².